The Hall–Kier alpha value is -1.16. The molecule has 2 aromatic rings. The van der Waals surface area contributed by atoms with Crippen molar-refractivity contribution in [3.05, 3.63) is 63.6 Å². The van der Waals surface area contributed by atoms with E-state index in [0.29, 0.717) is 15.6 Å². The predicted octanol–water partition coefficient (Wildman–Crippen LogP) is 3.84. The topological polar surface area (TPSA) is 24.9 Å². The first-order valence-corrected chi connectivity index (χ1v) is 6.10. The summed E-state index contributed by atoms with van der Waals surface area (Å²) in [7, 11) is 1.77. The summed E-state index contributed by atoms with van der Waals surface area (Å²) in [6.45, 7) is 0. The van der Waals surface area contributed by atoms with Crippen LogP contribution in [0.5, 0.6) is 0 Å². The van der Waals surface area contributed by atoms with E-state index in [9.17, 15) is 4.39 Å². The molecule has 2 nitrogen and oxygen atoms in total. The molecule has 0 saturated carbocycles. The van der Waals surface area contributed by atoms with E-state index in [2.05, 4.69) is 10.3 Å². The van der Waals surface area contributed by atoms with Crippen LogP contribution < -0.4 is 5.32 Å². The summed E-state index contributed by atoms with van der Waals surface area (Å²) >= 11 is 12.1. The maximum absolute atomic E-state index is 13.2. The van der Waals surface area contributed by atoms with E-state index in [1.54, 1.807) is 31.4 Å². The Morgan fingerprint density at radius 2 is 2.00 bits per heavy atom. The van der Waals surface area contributed by atoms with E-state index < -0.39 is 0 Å². The van der Waals surface area contributed by atoms with Gasteiger partial charge >= 0.3 is 0 Å². The Balaban J connectivity index is 2.48. The van der Waals surface area contributed by atoms with Crippen molar-refractivity contribution in [2.45, 2.75) is 6.04 Å². The molecule has 0 aliphatic carbocycles. The van der Waals surface area contributed by atoms with Crippen LogP contribution in [-0.4, -0.2) is 12.0 Å². The molecule has 1 aromatic heterocycles. The van der Waals surface area contributed by atoms with Gasteiger partial charge in [-0.05, 0) is 42.4 Å². The molecule has 1 unspecified atom stereocenters. The summed E-state index contributed by atoms with van der Waals surface area (Å²) < 4.78 is 13.2. The summed E-state index contributed by atoms with van der Waals surface area (Å²) in [6.07, 6.45) is 2.76. The van der Waals surface area contributed by atoms with Gasteiger partial charge in [0.25, 0.3) is 0 Å². The Kier molecular flexibility index (Phi) is 4.17. The number of pyridine rings is 1. The van der Waals surface area contributed by atoms with Crippen LogP contribution in [0.4, 0.5) is 4.39 Å². The van der Waals surface area contributed by atoms with Gasteiger partial charge < -0.3 is 5.32 Å². The monoisotopic (exact) mass is 284 g/mol. The third-order valence-electron chi connectivity index (χ3n) is 2.62. The average molecular weight is 285 g/mol. The van der Waals surface area contributed by atoms with Gasteiger partial charge in [-0.25, -0.2) is 4.39 Å². The number of nitrogens with zero attached hydrogens (tertiary/aromatic N) is 1. The van der Waals surface area contributed by atoms with Gasteiger partial charge in [0.05, 0.1) is 12.2 Å². The first-order chi connectivity index (χ1) is 8.61. The SMILES string of the molecule is CNC(c1cncc(F)c1)c1cc(Cl)ccc1Cl. The van der Waals surface area contributed by atoms with Gasteiger partial charge in [-0.2, -0.15) is 0 Å². The summed E-state index contributed by atoms with van der Waals surface area (Å²) in [5, 5.41) is 4.23. The van der Waals surface area contributed by atoms with Crippen molar-refractivity contribution >= 4 is 23.2 Å². The molecule has 0 aliphatic heterocycles. The van der Waals surface area contributed by atoms with Gasteiger partial charge in [-0.1, -0.05) is 23.2 Å². The molecule has 1 aromatic carbocycles. The van der Waals surface area contributed by atoms with Gasteiger partial charge in [0.15, 0.2) is 0 Å². The van der Waals surface area contributed by atoms with E-state index in [4.69, 9.17) is 23.2 Å². The van der Waals surface area contributed by atoms with Gasteiger partial charge in [-0.15, -0.1) is 0 Å². The van der Waals surface area contributed by atoms with Gasteiger partial charge in [0.2, 0.25) is 0 Å². The number of hydrogen-bond acceptors (Lipinski definition) is 2. The van der Waals surface area contributed by atoms with Crippen LogP contribution in [0.3, 0.4) is 0 Å². The maximum Gasteiger partial charge on any atom is 0.141 e. The zero-order valence-corrected chi connectivity index (χ0v) is 11.1. The second-order valence-corrected chi connectivity index (χ2v) is 4.67. The fourth-order valence-electron chi connectivity index (χ4n) is 1.82. The molecule has 0 bridgehead atoms. The molecule has 0 saturated heterocycles. The van der Waals surface area contributed by atoms with E-state index in [1.807, 2.05) is 0 Å². The number of aromatic nitrogens is 1. The van der Waals surface area contributed by atoms with E-state index >= 15 is 0 Å². The van der Waals surface area contributed by atoms with Gasteiger partial charge in [0, 0.05) is 16.2 Å². The molecule has 1 N–H and O–H groups in total. The molecule has 1 atom stereocenters. The summed E-state index contributed by atoms with van der Waals surface area (Å²) in [4.78, 5) is 3.84. The molecule has 2 rings (SSSR count). The third-order valence-corrected chi connectivity index (χ3v) is 3.20. The lowest BCUT2D eigenvalue weighted by Gasteiger charge is -2.18. The number of rotatable bonds is 3. The van der Waals surface area contributed by atoms with E-state index in [-0.39, 0.29) is 11.9 Å². The van der Waals surface area contributed by atoms with Crippen molar-refractivity contribution < 1.29 is 4.39 Å². The van der Waals surface area contributed by atoms with Gasteiger partial charge in [0.1, 0.15) is 5.82 Å². The molecule has 0 aliphatic rings. The molecule has 1 heterocycles. The fraction of sp³-hybridized carbons (Fsp3) is 0.154. The lowest BCUT2D eigenvalue weighted by molar-refractivity contribution is 0.609. The van der Waals surface area contributed by atoms with Crippen LogP contribution in [0, 0.1) is 5.82 Å². The van der Waals surface area contributed by atoms with Crippen molar-refractivity contribution in [3.8, 4) is 0 Å². The second kappa shape index (κ2) is 5.65. The lowest BCUT2D eigenvalue weighted by Crippen LogP contribution is -2.18. The maximum atomic E-state index is 13.2. The van der Waals surface area contributed by atoms with Crippen molar-refractivity contribution in [1.82, 2.24) is 10.3 Å². The van der Waals surface area contributed by atoms with E-state index in [0.717, 1.165) is 11.8 Å². The normalized spacial score (nSPS) is 12.4. The highest BCUT2D eigenvalue weighted by atomic mass is 35.5. The zero-order chi connectivity index (χ0) is 13.1. The van der Waals surface area contributed by atoms with Crippen molar-refractivity contribution in [3.63, 3.8) is 0 Å². The zero-order valence-electron chi connectivity index (χ0n) is 9.62. The van der Waals surface area contributed by atoms with Crippen LogP contribution in [0.2, 0.25) is 10.0 Å². The molecule has 0 spiro atoms. The molecular weight excluding hydrogens is 274 g/mol. The van der Waals surface area contributed by atoms with Crippen LogP contribution in [0.25, 0.3) is 0 Å². The lowest BCUT2D eigenvalue weighted by atomic mass is 10.0. The number of hydrogen-bond donors (Lipinski definition) is 1. The molecule has 0 amide bonds. The van der Waals surface area contributed by atoms with Crippen LogP contribution in [0.1, 0.15) is 17.2 Å². The minimum atomic E-state index is -0.383. The Morgan fingerprint density at radius 3 is 2.67 bits per heavy atom. The highest BCUT2D eigenvalue weighted by Crippen LogP contribution is 2.30. The third kappa shape index (κ3) is 2.80. The van der Waals surface area contributed by atoms with Crippen LogP contribution in [-0.2, 0) is 0 Å². The predicted molar refractivity (Wildman–Crippen MR) is 71.6 cm³/mol. The number of halogens is 3. The largest absolute Gasteiger partial charge is 0.309 e. The second-order valence-electron chi connectivity index (χ2n) is 3.82. The Morgan fingerprint density at radius 1 is 1.22 bits per heavy atom. The Bertz CT molecular complexity index is 560. The minimum absolute atomic E-state index is 0.251. The van der Waals surface area contributed by atoms with Crippen molar-refractivity contribution in [1.29, 1.82) is 0 Å². The number of nitrogens with one attached hydrogen (secondary N) is 1. The fourth-order valence-corrected chi connectivity index (χ4v) is 2.23. The quantitative estimate of drug-likeness (QED) is 0.926. The average Bonchev–Trinajstić information content (AvgIpc) is 2.35. The van der Waals surface area contributed by atoms with Crippen LogP contribution in [0.15, 0.2) is 36.7 Å². The molecule has 5 heteroatoms. The van der Waals surface area contributed by atoms with Gasteiger partial charge in [-0.3, -0.25) is 4.98 Å². The highest BCUT2D eigenvalue weighted by Gasteiger charge is 2.16. The van der Waals surface area contributed by atoms with Crippen LogP contribution >= 0.6 is 23.2 Å². The first kappa shape index (κ1) is 13.3. The number of benzene rings is 1. The minimum Gasteiger partial charge on any atom is -0.309 e. The summed E-state index contributed by atoms with van der Waals surface area (Å²) in [5.74, 6) is -0.383. The highest BCUT2D eigenvalue weighted by molar-refractivity contribution is 6.33. The van der Waals surface area contributed by atoms with Crippen molar-refractivity contribution in [2.24, 2.45) is 0 Å². The molecule has 0 fully saturated rings. The standard InChI is InChI=1S/C13H11Cl2FN2/c1-17-13(8-4-10(16)7-18-6-8)11-5-9(14)2-3-12(11)15/h2-7,13,17H,1H3. The molecular formula is C13H11Cl2FN2. The van der Waals surface area contributed by atoms with Crippen molar-refractivity contribution in [2.75, 3.05) is 7.05 Å². The van der Waals surface area contributed by atoms with E-state index in [1.165, 1.54) is 6.07 Å². The smallest absolute Gasteiger partial charge is 0.141 e. The Labute approximate surface area is 115 Å². The molecule has 18 heavy (non-hydrogen) atoms. The summed E-state index contributed by atoms with van der Waals surface area (Å²) in [6, 6.07) is 6.36. The molecule has 0 radical (unpaired) electrons. The summed E-state index contributed by atoms with van der Waals surface area (Å²) in [5.41, 5.74) is 1.49. The molecule has 94 valence electrons. The first-order valence-electron chi connectivity index (χ1n) is 5.34.